The number of rotatable bonds is 5. The molecule has 0 unspecified atom stereocenters. The van der Waals surface area contributed by atoms with E-state index < -0.39 is 0 Å². The van der Waals surface area contributed by atoms with Gasteiger partial charge >= 0.3 is 0 Å². The summed E-state index contributed by atoms with van der Waals surface area (Å²) in [6.07, 6.45) is 1.63. The van der Waals surface area contributed by atoms with Crippen LogP contribution in [0.15, 0.2) is 22.9 Å². The highest BCUT2D eigenvalue weighted by Gasteiger charge is 2.10. The van der Waals surface area contributed by atoms with Crippen molar-refractivity contribution < 1.29 is 9.26 Å². The van der Waals surface area contributed by atoms with Crippen LogP contribution < -0.4 is 10.5 Å². The second kappa shape index (κ2) is 5.59. The highest BCUT2D eigenvalue weighted by atomic mass is 16.5. The zero-order valence-electron chi connectivity index (χ0n) is 10.5. The summed E-state index contributed by atoms with van der Waals surface area (Å²) in [5.41, 5.74) is 6.28. The number of hydrogen-bond acceptors (Lipinski definition) is 6. The van der Waals surface area contributed by atoms with Crippen LogP contribution >= 0.6 is 0 Å². The SMILES string of the molecule is CC(C)c1nc(COc2ccc(CN)nc2)no1. The summed E-state index contributed by atoms with van der Waals surface area (Å²) in [7, 11) is 0. The van der Waals surface area contributed by atoms with Crippen molar-refractivity contribution in [2.45, 2.75) is 32.9 Å². The van der Waals surface area contributed by atoms with E-state index in [-0.39, 0.29) is 12.5 Å². The number of nitrogens with two attached hydrogens (primary N) is 1. The van der Waals surface area contributed by atoms with Crippen molar-refractivity contribution in [2.75, 3.05) is 0 Å². The average molecular weight is 248 g/mol. The molecule has 0 aliphatic rings. The molecule has 0 fully saturated rings. The maximum absolute atomic E-state index is 5.50. The summed E-state index contributed by atoms with van der Waals surface area (Å²) in [6, 6.07) is 3.64. The molecule has 0 bridgehead atoms. The van der Waals surface area contributed by atoms with Gasteiger partial charge in [0.1, 0.15) is 5.75 Å². The number of pyridine rings is 1. The predicted molar refractivity (Wildman–Crippen MR) is 64.8 cm³/mol. The fourth-order valence-electron chi connectivity index (χ4n) is 1.33. The van der Waals surface area contributed by atoms with E-state index in [1.165, 1.54) is 0 Å². The molecule has 0 atom stereocenters. The fourth-order valence-corrected chi connectivity index (χ4v) is 1.33. The topological polar surface area (TPSA) is 87.1 Å². The molecule has 0 aromatic carbocycles. The molecule has 0 saturated carbocycles. The number of aromatic nitrogens is 3. The van der Waals surface area contributed by atoms with Crippen molar-refractivity contribution in [3.05, 3.63) is 35.7 Å². The maximum atomic E-state index is 5.50. The first-order valence-corrected chi connectivity index (χ1v) is 5.79. The quantitative estimate of drug-likeness (QED) is 0.865. The minimum atomic E-state index is 0.219. The van der Waals surface area contributed by atoms with Crippen LogP contribution in [0.2, 0.25) is 0 Å². The van der Waals surface area contributed by atoms with Gasteiger partial charge in [-0.3, -0.25) is 4.98 Å². The van der Waals surface area contributed by atoms with Crippen molar-refractivity contribution in [2.24, 2.45) is 5.73 Å². The molecular formula is C12H16N4O2. The van der Waals surface area contributed by atoms with E-state index in [9.17, 15) is 0 Å². The lowest BCUT2D eigenvalue weighted by molar-refractivity contribution is 0.283. The summed E-state index contributed by atoms with van der Waals surface area (Å²) in [6.45, 7) is 4.67. The highest BCUT2D eigenvalue weighted by molar-refractivity contribution is 5.19. The molecule has 2 N–H and O–H groups in total. The number of nitrogens with zero attached hydrogens (tertiary/aromatic N) is 3. The van der Waals surface area contributed by atoms with Crippen LogP contribution in [0, 0.1) is 0 Å². The molecule has 2 aromatic rings. The minimum absolute atomic E-state index is 0.219. The third-order valence-corrected chi connectivity index (χ3v) is 2.35. The molecule has 0 aliphatic heterocycles. The van der Waals surface area contributed by atoms with E-state index in [1.807, 2.05) is 26.0 Å². The lowest BCUT2D eigenvalue weighted by Crippen LogP contribution is -2.01. The Hall–Kier alpha value is -1.95. The van der Waals surface area contributed by atoms with Crippen molar-refractivity contribution in [1.29, 1.82) is 0 Å². The summed E-state index contributed by atoms with van der Waals surface area (Å²) in [5, 5.41) is 3.83. The Labute approximate surface area is 105 Å². The van der Waals surface area contributed by atoms with Crippen molar-refractivity contribution in [3.63, 3.8) is 0 Å². The van der Waals surface area contributed by atoms with Crippen molar-refractivity contribution in [1.82, 2.24) is 15.1 Å². The second-order valence-corrected chi connectivity index (χ2v) is 4.18. The number of ether oxygens (including phenoxy) is 1. The van der Waals surface area contributed by atoms with Gasteiger partial charge in [-0.25, -0.2) is 0 Å². The molecule has 6 nitrogen and oxygen atoms in total. The van der Waals surface area contributed by atoms with Crippen LogP contribution in [-0.2, 0) is 13.2 Å². The fraction of sp³-hybridized carbons (Fsp3) is 0.417. The summed E-state index contributed by atoms with van der Waals surface area (Å²) < 4.78 is 10.6. The van der Waals surface area contributed by atoms with Crippen LogP contribution in [0.1, 0.15) is 37.2 Å². The molecule has 0 saturated heterocycles. The predicted octanol–water partition coefficient (Wildman–Crippen LogP) is 1.63. The van der Waals surface area contributed by atoms with Crippen LogP contribution in [0.5, 0.6) is 5.75 Å². The Kier molecular flexibility index (Phi) is 3.88. The molecular weight excluding hydrogens is 232 g/mol. The van der Waals surface area contributed by atoms with Crippen molar-refractivity contribution >= 4 is 0 Å². The first-order valence-electron chi connectivity index (χ1n) is 5.79. The standard InChI is InChI=1S/C12H16N4O2/c1-8(2)12-15-11(16-18-12)7-17-10-4-3-9(5-13)14-6-10/h3-4,6,8H,5,7,13H2,1-2H3. The molecule has 2 rings (SSSR count). The zero-order valence-corrected chi connectivity index (χ0v) is 10.5. The van der Waals surface area contributed by atoms with Gasteiger partial charge in [0.15, 0.2) is 6.61 Å². The first-order chi connectivity index (χ1) is 8.69. The van der Waals surface area contributed by atoms with Crippen molar-refractivity contribution in [3.8, 4) is 5.75 Å². The lowest BCUT2D eigenvalue weighted by atomic mass is 10.2. The lowest BCUT2D eigenvalue weighted by Gasteiger charge is -2.03. The molecule has 0 amide bonds. The van der Waals surface area contributed by atoms with Gasteiger partial charge in [0, 0.05) is 12.5 Å². The molecule has 2 heterocycles. The Bertz CT molecular complexity index is 493. The Balaban J connectivity index is 1.93. The summed E-state index contributed by atoms with van der Waals surface area (Å²) in [4.78, 5) is 8.34. The molecule has 0 spiro atoms. The Morgan fingerprint density at radius 1 is 1.39 bits per heavy atom. The monoisotopic (exact) mass is 248 g/mol. The molecule has 2 aromatic heterocycles. The van der Waals surface area contributed by atoms with E-state index in [1.54, 1.807) is 6.20 Å². The van der Waals surface area contributed by atoms with E-state index in [4.69, 9.17) is 15.0 Å². The van der Waals surface area contributed by atoms with Gasteiger partial charge in [0.25, 0.3) is 0 Å². The summed E-state index contributed by atoms with van der Waals surface area (Å²) >= 11 is 0. The van der Waals surface area contributed by atoms with Crippen LogP contribution in [-0.4, -0.2) is 15.1 Å². The number of hydrogen-bond donors (Lipinski definition) is 1. The normalized spacial score (nSPS) is 10.9. The minimum Gasteiger partial charge on any atom is -0.484 e. The van der Waals surface area contributed by atoms with Gasteiger partial charge in [-0.1, -0.05) is 19.0 Å². The van der Waals surface area contributed by atoms with Crippen LogP contribution in [0.3, 0.4) is 0 Å². The van der Waals surface area contributed by atoms with E-state index in [0.29, 0.717) is 24.0 Å². The van der Waals surface area contributed by atoms with E-state index >= 15 is 0 Å². The van der Waals surface area contributed by atoms with Gasteiger partial charge in [-0.2, -0.15) is 4.98 Å². The van der Waals surface area contributed by atoms with Gasteiger partial charge in [0.05, 0.1) is 11.9 Å². The van der Waals surface area contributed by atoms with Gasteiger partial charge in [-0.15, -0.1) is 0 Å². The maximum Gasteiger partial charge on any atom is 0.229 e. The average Bonchev–Trinajstić information content (AvgIpc) is 2.86. The Morgan fingerprint density at radius 2 is 2.22 bits per heavy atom. The third-order valence-electron chi connectivity index (χ3n) is 2.35. The second-order valence-electron chi connectivity index (χ2n) is 4.18. The largest absolute Gasteiger partial charge is 0.484 e. The summed E-state index contributed by atoms with van der Waals surface area (Å²) in [5.74, 6) is 2.02. The van der Waals surface area contributed by atoms with Crippen LogP contribution in [0.25, 0.3) is 0 Å². The molecule has 0 radical (unpaired) electrons. The van der Waals surface area contributed by atoms with Gasteiger partial charge in [-0.05, 0) is 12.1 Å². The van der Waals surface area contributed by atoms with Crippen LogP contribution in [0.4, 0.5) is 0 Å². The Morgan fingerprint density at radius 3 is 2.78 bits per heavy atom. The molecule has 96 valence electrons. The highest BCUT2D eigenvalue weighted by Crippen LogP contribution is 2.13. The third kappa shape index (κ3) is 3.04. The smallest absolute Gasteiger partial charge is 0.229 e. The molecule has 6 heteroatoms. The van der Waals surface area contributed by atoms with Gasteiger partial charge in [0.2, 0.25) is 11.7 Å². The van der Waals surface area contributed by atoms with E-state index in [0.717, 1.165) is 5.69 Å². The van der Waals surface area contributed by atoms with E-state index in [2.05, 4.69) is 15.1 Å². The van der Waals surface area contributed by atoms with Gasteiger partial charge < -0.3 is 15.0 Å². The first kappa shape index (κ1) is 12.5. The molecule has 18 heavy (non-hydrogen) atoms. The molecule has 0 aliphatic carbocycles. The zero-order chi connectivity index (χ0) is 13.0.